The first-order valence-electron chi connectivity index (χ1n) is 3.88. The van der Waals surface area contributed by atoms with Gasteiger partial charge in [0, 0.05) is 19.9 Å². The van der Waals surface area contributed by atoms with E-state index in [2.05, 4.69) is 15.6 Å². The molecule has 0 aliphatic carbocycles. The number of nitrogens with zero attached hydrogens (tertiary/aromatic N) is 3. The van der Waals surface area contributed by atoms with E-state index in [1.807, 2.05) is 13.2 Å². The average molecular weight is 170 g/mol. The molecule has 0 saturated carbocycles. The van der Waals surface area contributed by atoms with Crippen LogP contribution >= 0.6 is 0 Å². The van der Waals surface area contributed by atoms with Gasteiger partial charge in [-0.05, 0) is 7.05 Å². The van der Waals surface area contributed by atoms with Gasteiger partial charge in [0.05, 0.1) is 18.8 Å². The van der Waals surface area contributed by atoms with Crippen molar-refractivity contribution in [2.75, 3.05) is 20.7 Å². The number of nitrogens with one attached hydrogen (secondary N) is 1. The smallest absolute Gasteiger partial charge is 0.0891 e. The first-order valence-corrected chi connectivity index (χ1v) is 3.88. The highest BCUT2D eigenvalue weighted by atomic mass is 16.5. The van der Waals surface area contributed by atoms with Crippen LogP contribution in [-0.2, 0) is 11.3 Å². The Morgan fingerprint density at radius 1 is 1.67 bits per heavy atom. The van der Waals surface area contributed by atoms with E-state index in [-0.39, 0.29) is 6.10 Å². The van der Waals surface area contributed by atoms with E-state index in [1.54, 1.807) is 18.0 Å². The minimum atomic E-state index is 0.150. The molecule has 1 rings (SSSR count). The Labute approximate surface area is 71.7 Å². The summed E-state index contributed by atoms with van der Waals surface area (Å²) in [4.78, 5) is 0. The van der Waals surface area contributed by atoms with Gasteiger partial charge < -0.3 is 10.1 Å². The number of methoxy groups -OCH3 is 1. The van der Waals surface area contributed by atoms with Gasteiger partial charge in [-0.1, -0.05) is 5.21 Å². The van der Waals surface area contributed by atoms with Gasteiger partial charge in [0.2, 0.25) is 0 Å². The molecule has 1 aromatic rings. The molecule has 0 aromatic carbocycles. The Kier molecular flexibility index (Phi) is 3.69. The summed E-state index contributed by atoms with van der Waals surface area (Å²) >= 11 is 0. The molecule has 12 heavy (non-hydrogen) atoms. The van der Waals surface area contributed by atoms with E-state index in [0.29, 0.717) is 0 Å². The minimum absolute atomic E-state index is 0.150. The maximum Gasteiger partial charge on any atom is 0.0891 e. The molecule has 1 unspecified atom stereocenters. The van der Waals surface area contributed by atoms with Crippen LogP contribution in [0.1, 0.15) is 0 Å². The van der Waals surface area contributed by atoms with E-state index in [4.69, 9.17) is 4.74 Å². The number of rotatable bonds is 5. The fraction of sp³-hybridized carbons (Fsp3) is 0.714. The lowest BCUT2D eigenvalue weighted by molar-refractivity contribution is 0.0851. The molecule has 0 aliphatic rings. The van der Waals surface area contributed by atoms with E-state index in [9.17, 15) is 0 Å². The molecule has 0 amide bonds. The van der Waals surface area contributed by atoms with Gasteiger partial charge in [-0.3, -0.25) is 0 Å². The molecule has 0 spiro atoms. The third-order valence-electron chi connectivity index (χ3n) is 1.63. The summed E-state index contributed by atoms with van der Waals surface area (Å²) in [6.45, 7) is 1.55. The highest BCUT2D eigenvalue weighted by molar-refractivity contribution is 4.67. The van der Waals surface area contributed by atoms with Gasteiger partial charge in [0.1, 0.15) is 0 Å². The summed E-state index contributed by atoms with van der Waals surface area (Å²) < 4.78 is 6.97. The maximum absolute atomic E-state index is 5.21. The Morgan fingerprint density at radius 2 is 2.50 bits per heavy atom. The fourth-order valence-electron chi connectivity index (χ4n) is 0.989. The number of ether oxygens (including phenoxy) is 1. The zero-order valence-corrected chi connectivity index (χ0v) is 7.40. The summed E-state index contributed by atoms with van der Waals surface area (Å²) in [6, 6.07) is 0. The molecule has 68 valence electrons. The van der Waals surface area contributed by atoms with Crippen LogP contribution in [-0.4, -0.2) is 41.8 Å². The Balaban J connectivity index is 2.37. The van der Waals surface area contributed by atoms with Crippen LogP contribution in [0.3, 0.4) is 0 Å². The molecule has 0 aliphatic heterocycles. The van der Waals surface area contributed by atoms with Crippen molar-refractivity contribution in [3.8, 4) is 0 Å². The van der Waals surface area contributed by atoms with Crippen LogP contribution in [0.5, 0.6) is 0 Å². The molecular weight excluding hydrogens is 156 g/mol. The van der Waals surface area contributed by atoms with Crippen molar-refractivity contribution < 1.29 is 4.74 Å². The Bertz CT molecular complexity index is 199. The number of aromatic nitrogens is 3. The Hall–Kier alpha value is -0.940. The first-order chi connectivity index (χ1) is 5.86. The molecule has 0 saturated heterocycles. The molecule has 0 fully saturated rings. The highest BCUT2D eigenvalue weighted by Crippen LogP contribution is 1.92. The minimum Gasteiger partial charge on any atom is -0.378 e. The van der Waals surface area contributed by atoms with E-state index < -0.39 is 0 Å². The molecular formula is C7H14N4O. The SMILES string of the molecule is CNCC(Cn1ccnn1)OC. The normalized spacial score (nSPS) is 13.2. The maximum atomic E-state index is 5.21. The predicted molar refractivity (Wildman–Crippen MR) is 44.7 cm³/mol. The predicted octanol–water partition coefficient (Wildman–Crippen LogP) is -0.488. The van der Waals surface area contributed by atoms with Crippen LogP contribution < -0.4 is 5.32 Å². The summed E-state index contributed by atoms with van der Waals surface area (Å²) in [6.07, 6.45) is 3.63. The molecule has 1 heterocycles. The second-order valence-electron chi connectivity index (χ2n) is 2.54. The summed E-state index contributed by atoms with van der Waals surface area (Å²) in [5.74, 6) is 0. The average Bonchev–Trinajstić information content (AvgIpc) is 2.56. The fourth-order valence-corrected chi connectivity index (χ4v) is 0.989. The van der Waals surface area contributed by atoms with E-state index >= 15 is 0 Å². The van der Waals surface area contributed by atoms with Crippen molar-refractivity contribution in [1.82, 2.24) is 20.3 Å². The largest absolute Gasteiger partial charge is 0.378 e. The van der Waals surface area contributed by atoms with Gasteiger partial charge in [-0.25, -0.2) is 4.68 Å². The van der Waals surface area contributed by atoms with Crippen LogP contribution in [0.2, 0.25) is 0 Å². The highest BCUT2D eigenvalue weighted by Gasteiger charge is 2.06. The van der Waals surface area contributed by atoms with Crippen LogP contribution in [0.4, 0.5) is 0 Å². The molecule has 1 atom stereocenters. The number of hydrogen-bond acceptors (Lipinski definition) is 4. The van der Waals surface area contributed by atoms with Gasteiger partial charge in [-0.2, -0.15) is 0 Å². The van der Waals surface area contributed by atoms with Gasteiger partial charge >= 0.3 is 0 Å². The lowest BCUT2D eigenvalue weighted by Crippen LogP contribution is -2.30. The standard InChI is InChI=1S/C7H14N4O/c1-8-5-7(12-2)6-11-4-3-9-10-11/h3-4,7-8H,5-6H2,1-2H3. The Morgan fingerprint density at radius 3 is 3.00 bits per heavy atom. The van der Waals surface area contributed by atoms with E-state index in [1.165, 1.54) is 0 Å². The molecule has 5 nitrogen and oxygen atoms in total. The number of hydrogen-bond donors (Lipinski definition) is 1. The van der Waals surface area contributed by atoms with Gasteiger partial charge in [0.15, 0.2) is 0 Å². The quantitative estimate of drug-likeness (QED) is 0.648. The van der Waals surface area contributed by atoms with Gasteiger partial charge in [0.25, 0.3) is 0 Å². The van der Waals surface area contributed by atoms with Crippen molar-refractivity contribution in [1.29, 1.82) is 0 Å². The first kappa shape index (κ1) is 9.15. The van der Waals surface area contributed by atoms with Crippen molar-refractivity contribution in [2.45, 2.75) is 12.6 Å². The third-order valence-corrected chi connectivity index (χ3v) is 1.63. The molecule has 0 bridgehead atoms. The summed E-state index contributed by atoms with van der Waals surface area (Å²) in [7, 11) is 3.59. The summed E-state index contributed by atoms with van der Waals surface area (Å²) in [5.41, 5.74) is 0. The lowest BCUT2D eigenvalue weighted by Gasteiger charge is -2.13. The zero-order valence-electron chi connectivity index (χ0n) is 7.40. The molecule has 1 N–H and O–H groups in total. The molecule has 0 radical (unpaired) electrons. The monoisotopic (exact) mass is 170 g/mol. The van der Waals surface area contributed by atoms with Gasteiger partial charge in [-0.15, -0.1) is 5.10 Å². The summed E-state index contributed by atoms with van der Waals surface area (Å²) in [5, 5.41) is 10.6. The van der Waals surface area contributed by atoms with Crippen molar-refractivity contribution in [3.05, 3.63) is 12.4 Å². The second kappa shape index (κ2) is 4.84. The van der Waals surface area contributed by atoms with Crippen molar-refractivity contribution in [2.24, 2.45) is 0 Å². The third kappa shape index (κ3) is 2.60. The molecule has 5 heteroatoms. The zero-order chi connectivity index (χ0) is 8.81. The molecule has 1 aromatic heterocycles. The second-order valence-corrected chi connectivity index (χ2v) is 2.54. The van der Waals surface area contributed by atoms with Crippen LogP contribution in [0.15, 0.2) is 12.4 Å². The van der Waals surface area contributed by atoms with Crippen LogP contribution in [0.25, 0.3) is 0 Å². The van der Waals surface area contributed by atoms with Crippen molar-refractivity contribution in [3.63, 3.8) is 0 Å². The van der Waals surface area contributed by atoms with Crippen LogP contribution in [0, 0.1) is 0 Å². The van der Waals surface area contributed by atoms with E-state index in [0.717, 1.165) is 13.1 Å². The number of likely N-dealkylation sites (N-methyl/N-ethyl adjacent to an activating group) is 1. The lowest BCUT2D eigenvalue weighted by atomic mass is 10.3. The van der Waals surface area contributed by atoms with Crippen molar-refractivity contribution >= 4 is 0 Å². The topological polar surface area (TPSA) is 52.0 Å².